The van der Waals surface area contributed by atoms with Crippen molar-refractivity contribution in [2.45, 2.75) is 45.1 Å². The standard InChI is InChI=1S/C15H20O3/c1-11-5-4-7-13(9-11)18-14-8-3-2-6-12(14)10-15(16)17/h2-3,6,8,11,13H,4-5,7,9-10H2,1H3,(H,16,17). The number of benzene rings is 1. The lowest BCUT2D eigenvalue weighted by atomic mass is 9.88. The van der Waals surface area contributed by atoms with Gasteiger partial charge < -0.3 is 9.84 Å². The molecule has 1 saturated carbocycles. The van der Waals surface area contributed by atoms with E-state index in [1.54, 1.807) is 0 Å². The molecule has 0 aromatic heterocycles. The minimum atomic E-state index is -0.817. The Bertz CT molecular complexity index is 414. The van der Waals surface area contributed by atoms with E-state index in [4.69, 9.17) is 9.84 Å². The normalized spacial score (nSPS) is 23.6. The van der Waals surface area contributed by atoms with Crippen LogP contribution in [0.4, 0.5) is 0 Å². The Labute approximate surface area is 108 Å². The van der Waals surface area contributed by atoms with Crippen LogP contribution in [-0.2, 0) is 11.2 Å². The molecule has 1 N–H and O–H groups in total. The number of carbonyl (C=O) groups is 1. The Balaban J connectivity index is 2.05. The zero-order valence-electron chi connectivity index (χ0n) is 10.8. The first-order valence-electron chi connectivity index (χ1n) is 6.61. The quantitative estimate of drug-likeness (QED) is 0.889. The largest absolute Gasteiger partial charge is 0.490 e. The first-order chi connectivity index (χ1) is 8.65. The molecule has 0 radical (unpaired) electrons. The van der Waals surface area contributed by atoms with Crippen LogP contribution in [0.3, 0.4) is 0 Å². The third kappa shape index (κ3) is 3.49. The number of hydrogen-bond acceptors (Lipinski definition) is 2. The van der Waals surface area contributed by atoms with Crippen molar-refractivity contribution in [2.24, 2.45) is 5.92 Å². The third-order valence-corrected chi connectivity index (χ3v) is 3.50. The lowest BCUT2D eigenvalue weighted by Gasteiger charge is -2.28. The van der Waals surface area contributed by atoms with E-state index in [-0.39, 0.29) is 12.5 Å². The molecule has 18 heavy (non-hydrogen) atoms. The average Bonchev–Trinajstić information content (AvgIpc) is 2.31. The molecule has 2 atom stereocenters. The molecule has 0 bridgehead atoms. The van der Waals surface area contributed by atoms with Gasteiger partial charge in [-0.15, -0.1) is 0 Å². The van der Waals surface area contributed by atoms with E-state index in [0.29, 0.717) is 5.92 Å². The number of hydrogen-bond donors (Lipinski definition) is 1. The smallest absolute Gasteiger partial charge is 0.307 e. The number of carboxylic acid groups (broad SMARTS) is 1. The van der Waals surface area contributed by atoms with Crippen LogP contribution in [-0.4, -0.2) is 17.2 Å². The van der Waals surface area contributed by atoms with Crippen LogP contribution >= 0.6 is 0 Å². The van der Waals surface area contributed by atoms with Crippen LogP contribution in [0.1, 0.15) is 38.2 Å². The maximum Gasteiger partial charge on any atom is 0.307 e. The lowest BCUT2D eigenvalue weighted by molar-refractivity contribution is -0.136. The van der Waals surface area contributed by atoms with Crippen LogP contribution in [0.2, 0.25) is 0 Å². The molecule has 0 heterocycles. The second-order valence-corrected chi connectivity index (χ2v) is 5.19. The molecule has 1 aromatic carbocycles. The molecule has 0 amide bonds. The SMILES string of the molecule is CC1CCCC(Oc2ccccc2CC(=O)O)C1. The molecular formula is C15H20O3. The summed E-state index contributed by atoms with van der Waals surface area (Å²) in [6, 6.07) is 7.45. The molecule has 0 spiro atoms. The molecular weight excluding hydrogens is 228 g/mol. The maximum absolute atomic E-state index is 10.8. The average molecular weight is 248 g/mol. The van der Waals surface area contributed by atoms with Crippen LogP contribution in [0.5, 0.6) is 5.75 Å². The van der Waals surface area contributed by atoms with Gasteiger partial charge in [-0.2, -0.15) is 0 Å². The summed E-state index contributed by atoms with van der Waals surface area (Å²) in [5, 5.41) is 8.88. The Morgan fingerprint density at radius 1 is 1.39 bits per heavy atom. The van der Waals surface area contributed by atoms with E-state index in [2.05, 4.69) is 6.92 Å². The van der Waals surface area contributed by atoms with E-state index in [9.17, 15) is 4.79 Å². The van der Waals surface area contributed by atoms with Crippen LogP contribution in [0.25, 0.3) is 0 Å². The van der Waals surface area contributed by atoms with Gasteiger partial charge in [-0.05, 0) is 31.2 Å². The summed E-state index contributed by atoms with van der Waals surface area (Å²) in [5.41, 5.74) is 0.767. The van der Waals surface area contributed by atoms with Crippen LogP contribution in [0.15, 0.2) is 24.3 Å². The minimum Gasteiger partial charge on any atom is -0.490 e. The minimum absolute atomic E-state index is 0.0262. The van der Waals surface area contributed by atoms with E-state index >= 15 is 0 Å². The predicted molar refractivity (Wildman–Crippen MR) is 69.8 cm³/mol. The number of para-hydroxylation sites is 1. The van der Waals surface area contributed by atoms with Crippen LogP contribution in [0, 0.1) is 5.92 Å². The summed E-state index contributed by atoms with van der Waals surface area (Å²) in [6.45, 7) is 2.25. The molecule has 0 saturated heterocycles. The van der Waals surface area contributed by atoms with Gasteiger partial charge in [0.1, 0.15) is 5.75 Å². The molecule has 98 valence electrons. The van der Waals surface area contributed by atoms with E-state index in [1.807, 2.05) is 24.3 Å². The van der Waals surface area contributed by atoms with Crippen molar-refractivity contribution in [2.75, 3.05) is 0 Å². The third-order valence-electron chi connectivity index (χ3n) is 3.50. The Morgan fingerprint density at radius 3 is 2.89 bits per heavy atom. The van der Waals surface area contributed by atoms with Crippen molar-refractivity contribution in [1.29, 1.82) is 0 Å². The lowest BCUT2D eigenvalue weighted by Crippen LogP contribution is -2.24. The van der Waals surface area contributed by atoms with Crippen molar-refractivity contribution < 1.29 is 14.6 Å². The molecule has 3 nitrogen and oxygen atoms in total. The number of rotatable bonds is 4. The monoisotopic (exact) mass is 248 g/mol. The molecule has 1 aliphatic rings. The van der Waals surface area contributed by atoms with E-state index < -0.39 is 5.97 Å². The fraction of sp³-hybridized carbons (Fsp3) is 0.533. The predicted octanol–water partition coefficient (Wildman–Crippen LogP) is 3.27. The van der Waals surface area contributed by atoms with Crippen molar-refractivity contribution >= 4 is 5.97 Å². The van der Waals surface area contributed by atoms with Crippen molar-refractivity contribution in [3.05, 3.63) is 29.8 Å². The topological polar surface area (TPSA) is 46.5 Å². The van der Waals surface area contributed by atoms with Gasteiger partial charge in [-0.25, -0.2) is 0 Å². The Hall–Kier alpha value is -1.51. The molecule has 1 aromatic rings. The summed E-state index contributed by atoms with van der Waals surface area (Å²) in [7, 11) is 0. The summed E-state index contributed by atoms with van der Waals surface area (Å²) in [6.07, 6.45) is 4.89. The van der Waals surface area contributed by atoms with Crippen molar-refractivity contribution in [3.8, 4) is 5.75 Å². The van der Waals surface area contributed by atoms with Gasteiger partial charge in [0.15, 0.2) is 0 Å². The van der Waals surface area contributed by atoms with Gasteiger partial charge >= 0.3 is 5.97 Å². The number of aliphatic carboxylic acids is 1. The molecule has 2 unspecified atom stereocenters. The highest BCUT2D eigenvalue weighted by Gasteiger charge is 2.21. The van der Waals surface area contributed by atoms with Gasteiger partial charge in [0.2, 0.25) is 0 Å². The molecule has 3 heteroatoms. The maximum atomic E-state index is 10.8. The van der Waals surface area contributed by atoms with Gasteiger partial charge in [-0.3, -0.25) is 4.79 Å². The summed E-state index contributed by atoms with van der Waals surface area (Å²) >= 11 is 0. The first-order valence-corrected chi connectivity index (χ1v) is 6.61. The van der Waals surface area contributed by atoms with E-state index in [0.717, 1.165) is 24.2 Å². The zero-order chi connectivity index (χ0) is 13.0. The summed E-state index contributed by atoms with van der Waals surface area (Å²) in [4.78, 5) is 10.8. The number of carboxylic acids is 1. The Morgan fingerprint density at radius 2 is 2.17 bits per heavy atom. The highest BCUT2D eigenvalue weighted by Crippen LogP contribution is 2.29. The second-order valence-electron chi connectivity index (χ2n) is 5.19. The fourth-order valence-electron chi connectivity index (χ4n) is 2.59. The van der Waals surface area contributed by atoms with Gasteiger partial charge in [0.25, 0.3) is 0 Å². The number of ether oxygens (including phenoxy) is 1. The zero-order valence-corrected chi connectivity index (χ0v) is 10.8. The molecule has 1 aliphatic carbocycles. The van der Waals surface area contributed by atoms with Gasteiger partial charge in [-0.1, -0.05) is 31.5 Å². The van der Waals surface area contributed by atoms with E-state index in [1.165, 1.54) is 12.8 Å². The molecule has 1 fully saturated rings. The summed E-state index contributed by atoms with van der Waals surface area (Å²) in [5.74, 6) is 0.623. The van der Waals surface area contributed by atoms with Crippen molar-refractivity contribution in [1.82, 2.24) is 0 Å². The Kier molecular flexibility index (Phi) is 4.24. The van der Waals surface area contributed by atoms with Gasteiger partial charge in [0, 0.05) is 5.56 Å². The molecule has 2 rings (SSSR count). The molecule has 0 aliphatic heterocycles. The second kappa shape index (κ2) is 5.89. The fourth-order valence-corrected chi connectivity index (χ4v) is 2.59. The van der Waals surface area contributed by atoms with Crippen molar-refractivity contribution in [3.63, 3.8) is 0 Å². The van der Waals surface area contributed by atoms with Crippen LogP contribution < -0.4 is 4.74 Å². The highest BCUT2D eigenvalue weighted by molar-refractivity contribution is 5.71. The first kappa shape index (κ1) is 12.9. The van der Waals surface area contributed by atoms with Gasteiger partial charge in [0.05, 0.1) is 12.5 Å². The summed E-state index contributed by atoms with van der Waals surface area (Å²) < 4.78 is 5.99. The highest BCUT2D eigenvalue weighted by atomic mass is 16.5.